The maximum absolute atomic E-state index is 12.3. The first-order chi connectivity index (χ1) is 23.4. The number of nitrogens with one attached hydrogen (secondary N) is 3. The smallest absolute Gasteiger partial charge is 0.271 e. The van der Waals surface area contributed by atoms with Crippen LogP contribution < -0.4 is 25.6 Å². The van der Waals surface area contributed by atoms with E-state index in [2.05, 4.69) is 26.4 Å². The Bertz CT molecular complexity index is 1680. The number of benzene rings is 4. The molecule has 0 heterocycles. The second-order valence-corrected chi connectivity index (χ2v) is 9.95. The summed E-state index contributed by atoms with van der Waals surface area (Å²) < 4.78 is 11.5. The summed E-state index contributed by atoms with van der Waals surface area (Å²) in [5.41, 5.74) is 7.80. The Morgan fingerprint density at radius 2 is 1.04 bits per heavy atom. The lowest BCUT2D eigenvalue weighted by Crippen LogP contribution is -2.19. The highest BCUT2D eigenvalue weighted by Crippen LogP contribution is 2.14. The van der Waals surface area contributed by atoms with Crippen molar-refractivity contribution in [2.24, 2.45) is 10.2 Å². The SMILES string of the molecule is CNC(=O)c1ccc(C(=O)N/N=C/c2cccc(OC/C=C/COc3cccc(/C=N/NC(=O)c4ccc(C(=O)CO)cc4)c3)c2)cc1. The van der Waals surface area contributed by atoms with Gasteiger partial charge in [0.1, 0.15) is 31.3 Å². The molecule has 3 amide bonds. The summed E-state index contributed by atoms with van der Waals surface area (Å²) in [5.74, 6) is -0.276. The summed E-state index contributed by atoms with van der Waals surface area (Å²) in [5, 5.41) is 19.4. The van der Waals surface area contributed by atoms with Crippen molar-refractivity contribution in [3.63, 3.8) is 0 Å². The summed E-state index contributed by atoms with van der Waals surface area (Å²) >= 11 is 0. The van der Waals surface area contributed by atoms with E-state index >= 15 is 0 Å². The molecular weight excluding hydrogens is 614 g/mol. The molecule has 4 aromatic rings. The number of rotatable bonds is 15. The lowest BCUT2D eigenvalue weighted by molar-refractivity contribution is 0.0901. The molecule has 0 fully saturated rings. The van der Waals surface area contributed by atoms with E-state index in [9.17, 15) is 19.2 Å². The number of amides is 3. The van der Waals surface area contributed by atoms with E-state index in [1.807, 2.05) is 30.4 Å². The van der Waals surface area contributed by atoms with E-state index in [0.29, 0.717) is 52.5 Å². The fourth-order valence-corrected chi connectivity index (χ4v) is 4.07. The van der Waals surface area contributed by atoms with Crippen LogP contribution in [-0.4, -0.2) is 67.9 Å². The number of ether oxygens (including phenoxy) is 2. The molecule has 0 atom stereocenters. The predicted octanol–water partition coefficient (Wildman–Crippen LogP) is 3.76. The van der Waals surface area contributed by atoms with Crippen LogP contribution in [0.2, 0.25) is 0 Å². The zero-order chi connectivity index (χ0) is 34.1. The third-order valence-electron chi connectivity index (χ3n) is 6.58. The normalized spacial score (nSPS) is 11.0. The zero-order valence-electron chi connectivity index (χ0n) is 26.0. The highest BCUT2D eigenvalue weighted by Gasteiger charge is 2.08. The van der Waals surface area contributed by atoms with Gasteiger partial charge in [-0.2, -0.15) is 10.2 Å². The van der Waals surface area contributed by atoms with Crippen LogP contribution in [0.15, 0.2) is 119 Å². The van der Waals surface area contributed by atoms with Crippen molar-refractivity contribution in [1.82, 2.24) is 16.2 Å². The lowest BCUT2D eigenvalue weighted by Gasteiger charge is -2.05. The van der Waals surface area contributed by atoms with Gasteiger partial charge in [0, 0.05) is 29.3 Å². The number of aliphatic hydroxyl groups is 1. The number of ketones is 1. The van der Waals surface area contributed by atoms with Gasteiger partial charge < -0.3 is 19.9 Å². The number of nitrogens with zero attached hydrogens (tertiary/aromatic N) is 2. The second-order valence-electron chi connectivity index (χ2n) is 9.95. The van der Waals surface area contributed by atoms with E-state index in [0.717, 1.165) is 5.56 Å². The Kier molecular flexibility index (Phi) is 12.9. The first-order valence-corrected chi connectivity index (χ1v) is 14.7. The van der Waals surface area contributed by atoms with Crippen molar-refractivity contribution in [2.75, 3.05) is 26.9 Å². The maximum Gasteiger partial charge on any atom is 0.271 e. The van der Waals surface area contributed by atoms with Crippen LogP contribution in [0.4, 0.5) is 0 Å². The van der Waals surface area contributed by atoms with Gasteiger partial charge in [-0.05, 0) is 83.9 Å². The fourth-order valence-electron chi connectivity index (χ4n) is 4.07. The molecule has 12 nitrogen and oxygen atoms in total. The second kappa shape index (κ2) is 17.9. The Hall–Kier alpha value is -6.40. The van der Waals surface area contributed by atoms with Crippen molar-refractivity contribution >= 4 is 35.9 Å². The molecule has 0 unspecified atom stereocenters. The molecule has 0 aromatic heterocycles. The quantitative estimate of drug-likeness (QED) is 0.0660. The van der Waals surface area contributed by atoms with Gasteiger partial charge in [-0.3, -0.25) is 19.2 Å². The minimum absolute atomic E-state index is 0.233. The van der Waals surface area contributed by atoms with E-state index in [4.69, 9.17) is 14.6 Å². The first-order valence-electron chi connectivity index (χ1n) is 14.7. The average Bonchev–Trinajstić information content (AvgIpc) is 3.12. The molecule has 0 aliphatic heterocycles. The van der Waals surface area contributed by atoms with Gasteiger partial charge in [-0.25, -0.2) is 10.9 Å². The first kappa shape index (κ1) is 34.5. The molecule has 0 aliphatic rings. The molecule has 12 heteroatoms. The van der Waals surface area contributed by atoms with Crippen LogP contribution in [-0.2, 0) is 0 Å². The summed E-state index contributed by atoms with van der Waals surface area (Å²) in [6, 6.07) is 26.5. The molecule has 4 N–H and O–H groups in total. The van der Waals surface area contributed by atoms with Gasteiger partial charge in [0.25, 0.3) is 17.7 Å². The van der Waals surface area contributed by atoms with E-state index in [-0.39, 0.29) is 5.91 Å². The van der Waals surface area contributed by atoms with Gasteiger partial charge in [0.2, 0.25) is 0 Å². The van der Waals surface area contributed by atoms with Crippen LogP contribution in [0.25, 0.3) is 0 Å². The van der Waals surface area contributed by atoms with Gasteiger partial charge in [-0.15, -0.1) is 0 Å². The third kappa shape index (κ3) is 10.6. The Morgan fingerprint density at radius 3 is 1.46 bits per heavy atom. The standard InChI is InChI=1S/C36H33N5O7/c1-37-34(44)28-14-16-30(17-15-28)36(46)41-39-23-26-7-5-9-32(21-26)48-19-3-2-18-47-31-8-4-6-25(20-31)22-38-40-35(45)29-12-10-27(11-13-29)33(43)24-42/h2-17,20-23,42H,18-19,24H2,1H3,(H,37,44)(H,40,45)(H,41,46)/b3-2+,38-22+,39-23+. The summed E-state index contributed by atoms with van der Waals surface area (Å²) in [6.45, 7) is 0.0132. The summed E-state index contributed by atoms with van der Waals surface area (Å²) in [7, 11) is 1.54. The molecule has 0 spiro atoms. The molecular formula is C36H33N5O7. The Labute approximate surface area is 276 Å². The van der Waals surface area contributed by atoms with Crippen LogP contribution in [0.3, 0.4) is 0 Å². The van der Waals surface area contributed by atoms with E-state index in [1.165, 1.54) is 43.7 Å². The number of Topliss-reactive ketones (excluding diaryl/α,β-unsaturated/α-hetero) is 1. The lowest BCUT2D eigenvalue weighted by atomic mass is 10.1. The van der Waals surface area contributed by atoms with E-state index in [1.54, 1.807) is 54.6 Å². The predicted molar refractivity (Wildman–Crippen MR) is 181 cm³/mol. The van der Waals surface area contributed by atoms with Crippen molar-refractivity contribution in [3.05, 3.63) is 143 Å². The van der Waals surface area contributed by atoms with Crippen LogP contribution in [0, 0.1) is 0 Å². The van der Waals surface area contributed by atoms with E-state index < -0.39 is 24.2 Å². The third-order valence-corrected chi connectivity index (χ3v) is 6.58. The molecule has 48 heavy (non-hydrogen) atoms. The molecule has 244 valence electrons. The molecule has 0 saturated heterocycles. The minimum Gasteiger partial charge on any atom is -0.490 e. The maximum atomic E-state index is 12.3. The van der Waals surface area contributed by atoms with Crippen LogP contribution in [0.1, 0.15) is 52.6 Å². The number of aliphatic hydroxyl groups excluding tert-OH is 1. The minimum atomic E-state index is -0.594. The Morgan fingerprint density at radius 1 is 0.625 bits per heavy atom. The molecule has 0 aliphatic carbocycles. The van der Waals surface area contributed by atoms with Crippen molar-refractivity contribution in [3.8, 4) is 11.5 Å². The highest BCUT2D eigenvalue weighted by molar-refractivity contribution is 6.00. The molecule has 4 rings (SSSR count). The summed E-state index contributed by atoms with van der Waals surface area (Å²) in [6.07, 6.45) is 6.63. The van der Waals surface area contributed by atoms with Gasteiger partial charge in [0.15, 0.2) is 5.78 Å². The number of hydrogen-bond acceptors (Lipinski definition) is 9. The monoisotopic (exact) mass is 647 g/mol. The highest BCUT2D eigenvalue weighted by atomic mass is 16.5. The number of hydrazone groups is 2. The van der Waals surface area contributed by atoms with Gasteiger partial charge in [-0.1, -0.05) is 36.4 Å². The Balaban J connectivity index is 1.17. The van der Waals surface area contributed by atoms with Crippen LogP contribution in [0.5, 0.6) is 11.5 Å². The van der Waals surface area contributed by atoms with Gasteiger partial charge in [0.05, 0.1) is 12.4 Å². The number of hydrogen-bond donors (Lipinski definition) is 4. The van der Waals surface area contributed by atoms with Crippen molar-refractivity contribution in [2.45, 2.75) is 0 Å². The molecule has 4 aromatic carbocycles. The largest absolute Gasteiger partial charge is 0.490 e. The summed E-state index contributed by atoms with van der Waals surface area (Å²) in [4.78, 5) is 47.8. The van der Waals surface area contributed by atoms with Gasteiger partial charge >= 0.3 is 0 Å². The zero-order valence-corrected chi connectivity index (χ0v) is 26.0. The molecule has 0 bridgehead atoms. The molecule has 0 saturated carbocycles. The van der Waals surface area contributed by atoms with Crippen LogP contribution >= 0.6 is 0 Å². The topological polar surface area (TPSA) is 168 Å². The number of carbonyl (C=O) groups is 4. The average molecular weight is 648 g/mol. The number of carbonyl (C=O) groups excluding carboxylic acids is 4. The van der Waals surface area contributed by atoms with Crippen molar-refractivity contribution < 1.29 is 33.8 Å². The fraction of sp³-hybridized carbons (Fsp3) is 0.111. The van der Waals surface area contributed by atoms with Crippen molar-refractivity contribution in [1.29, 1.82) is 0 Å². The molecule has 0 radical (unpaired) electrons.